The Morgan fingerprint density at radius 1 is 0.429 bits per heavy atom. The molecule has 0 aliphatic rings. The topological polar surface area (TPSA) is 272 Å². The van der Waals surface area contributed by atoms with Gasteiger partial charge in [0.1, 0.15) is 33.2 Å². The molecule has 0 N–H and O–H groups in total. The number of nitrogens with zero attached hydrogens (tertiary/aromatic N) is 20. The van der Waals surface area contributed by atoms with Crippen molar-refractivity contribution in [3.63, 3.8) is 0 Å². The zero-order chi connectivity index (χ0) is 97.7. The molecule has 0 saturated heterocycles. The molecule has 0 aliphatic carbocycles. The van der Waals surface area contributed by atoms with Crippen LogP contribution in [0.4, 0.5) is 81.1 Å². The van der Waals surface area contributed by atoms with E-state index in [-0.39, 0.29) is 59.4 Å². The molecule has 12 aromatic rings. The van der Waals surface area contributed by atoms with Gasteiger partial charge in [-0.05, 0) is 120 Å². The number of hydrogen-bond acceptors (Lipinski definition) is 20. The first-order valence-corrected chi connectivity index (χ1v) is 48.7. The Labute approximate surface area is 805 Å². The minimum absolute atomic E-state index is 0.0131. The maximum Gasteiger partial charge on any atom is 0.403 e. The van der Waals surface area contributed by atoms with E-state index in [1.807, 2.05) is 98.5 Å². The predicted octanol–water partition coefficient (Wildman–Crippen LogP) is 20.9. The molecule has 0 aliphatic heterocycles. The number of thioether (sulfide) groups is 4. The minimum Gasteiger partial charge on any atom is -0.312 e. The van der Waals surface area contributed by atoms with Crippen molar-refractivity contribution >= 4 is 178 Å². The number of aromatic nitrogens is 15. The number of carbonyl (C=O) groups is 5. The molecule has 48 heteroatoms. The highest BCUT2D eigenvalue weighted by atomic mass is 79.9. The van der Waals surface area contributed by atoms with Crippen LogP contribution in [0.1, 0.15) is 74.0 Å². The molecule has 133 heavy (non-hydrogen) atoms. The normalized spacial score (nSPS) is 12.9. The van der Waals surface area contributed by atoms with Gasteiger partial charge in [-0.2, -0.15) is 125 Å². The molecule has 6 unspecified atom stereocenters. The quantitative estimate of drug-likeness (QED) is 0.0354. The van der Waals surface area contributed by atoms with Crippen LogP contribution in [0, 0.1) is 5.92 Å². The van der Waals surface area contributed by atoms with Crippen LogP contribution in [0.25, 0.3) is 28.4 Å². The molecule has 0 spiro atoms. The molecular weight excluding hydrogens is 2010 g/mol. The van der Waals surface area contributed by atoms with E-state index >= 15 is 0 Å². The molecule has 5 amide bonds. The number of halogens is 17. The van der Waals surface area contributed by atoms with Gasteiger partial charge in [0, 0.05) is 123 Å². The number of anilines is 5. The van der Waals surface area contributed by atoms with Gasteiger partial charge < -0.3 is 24.5 Å². The second-order valence-corrected chi connectivity index (χ2v) is 36.1. The molecule has 0 bridgehead atoms. The van der Waals surface area contributed by atoms with Crippen LogP contribution in [0.5, 0.6) is 0 Å². The van der Waals surface area contributed by atoms with E-state index in [0.717, 1.165) is 38.6 Å². The zero-order valence-corrected chi connectivity index (χ0v) is 80.7. The Bertz CT molecular complexity index is 5720. The Balaban J connectivity index is 0.000000205. The molecule has 712 valence electrons. The number of pyridine rings is 5. The van der Waals surface area contributed by atoms with Crippen molar-refractivity contribution in [3.05, 3.63) is 251 Å². The van der Waals surface area contributed by atoms with Crippen LogP contribution >= 0.6 is 109 Å². The van der Waals surface area contributed by atoms with Gasteiger partial charge in [-0.3, -0.25) is 53.1 Å². The highest BCUT2D eigenvalue weighted by Gasteiger charge is 2.45. The van der Waals surface area contributed by atoms with Crippen LogP contribution in [0.15, 0.2) is 219 Å². The summed E-state index contributed by atoms with van der Waals surface area (Å²) in [5, 5.41) is 16.9. The Hall–Kier alpha value is -10.1. The highest BCUT2D eigenvalue weighted by Crippen LogP contribution is 2.40. The molecule has 10 heterocycles. The summed E-state index contributed by atoms with van der Waals surface area (Å²) >= 11 is 33.1. The number of benzene rings is 2. The smallest absolute Gasteiger partial charge is 0.312 e. The molecule has 0 fully saturated rings. The van der Waals surface area contributed by atoms with Gasteiger partial charge >= 0.3 is 24.7 Å². The maximum atomic E-state index is 13.0. The minimum atomic E-state index is -4.72. The molecule has 6 atom stereocenters. The Kier molecular flexibility index (Phi) is 41.5. The number of hydrogen-bond donors (Lipinski definition) is 0. The lowest BCUT2D eigenvalue weighted by atomic mass is 10.1. The second-order valence-electron chi connectivity index (χ2n) is 28.4. The highest BCUT2D eigenvalue weighted by molar-refractivity contribution is 9.10. The number of rotatable bonds is 32. The fraction of sp³-hybridized carbons (Fsp3) is 0.329. The van der Waals surface area contributed by atoms with Crippen LogP contribution in [-0.2, 0) is 34.8 Å². The first kappa shape index (κ1) is 108. The predicted molar refractivity (Wildman–Crippen MR) is 504 cm³/mol. The number of carbonyl (C=O) groups excluding carboxylic acids is 5. The monoisotopic (exact) mass is 2090 g/mol. The Morgan fingerprint density at radius 3 is 1.10 bits per heavy atom. The molecule has 26 nitrogen and oxygen atoms in total. The van der Waals surface area contributed by atoms with Crippen molar-refractivity contribution < 1.29 is 80.9 Å². The van der Waals surface area contributed by atoms with E-state index in [1.165, 1.54) is 76.3 Å². The van der Waals surface area contributed by atoms with Gasteiger partial charge in [-0.25, -0.2) is 23.4 Å². The standard InChI is InChI=1S/C20H21ClN4OS.C19H19ClN4OS.C16H15ClF6N4OS.C16H18ClF3N4OS.C14H14BrF3N4O2S/c1-3-24(19(26)12-18(27-2)15-8-5-4-6-9-15)17-14-25(23-20(17)21)16-10-7-11-22-13-16;1-23(18(25)11-17(26-2)14-7-4-3-5-8-14)16-13-24(22-19(16)20)15-9-6-10-21-12-15;1-29-12(16(21,22)23)7-13(28)26(6-4-15(18,19)20)11-9-27(25-14(11)17)10-3-2-5-24-8-10;1-11(10-26-2)15(25)23(7-5-16(18,19)20)13-9-24(22-14(13)17)12-4-3-6-21-8-12;1-21(12(23)6-11(25(2)24)14(16,17)18)10-8-22(20-13(10)15)9-4-3-5-19-7-9/h4-11,13-14,18H,3,12H2,1-2H3;3-10,12-13,17H,11H2,1-2H3;2-3,5,8-9,12H,4,6-7H2,1H3;3-4,6,8-9,11H,5,7,10H2,1-2H3;3-5,7-8,11H,6H2,1-2H3. The third kappa shape index (κ3) is 32.3. The van der Waals surface area contributed by atoms with Crippen molar-refractivity contribution in [1.29, 1.82) is 0 Å². The first-order chi connectivity index (χ1) is 63.0. The third-order valence-corrected chi connectivity index (χ3v) is 25.9. The van der Waals surface area contributed by atoms with E-state index in [4.69, 9.17) is 46.4 Å². The van der Waals surface area contributed by atoms with E-state index in [1.54, 1.807) is 149 Å². The number of amides is 5. The van der Waals surface area contributed by atoms with E-state index in [2.05, 4.69) is 78.5 Å². The van der Waals surface area contributed by atoms with E-state index < -0.39 is 108 Å². The molecule has 12 rings (SSSR count). The third-order valence-electron chi connectivity index (χ3n) is 19.2. The second kappa shape index (κ2) is 51.0. The van der Waals surface area contributed by atoms with Gasteiger partial charge in [-0.15, -0.1) is 0 Å². The summed E-state index contributed by atoms with van der Waals surface area (Å²) in [6.45, 7) is 2.73. The lowest BCUT2D eigenvalue weighted by Gasteiger charge is -2.25. The van der Waals surface area contributed by atoms with E-state index in [0.29, 0.717) is 75.4 Å². The van der Waals surface area contributed by atoms with Gasteiger partial charge in [-0.1, -0.05) is 114 Å². The molecule has 0 saturated carbocycles. The summed E-state index contributed by atoms with van der Waals surface area (Å²) in [4.78, 5) is 89.1. The zero-order valence-electron chi connectivity index (χ0n) is 72.0. The molecular formula is C85H87BrCl4F12N20O6S5. The largest absolute Gasteiger partial charge is 0.403 e. The molecule has 10 aromatic heterocycles. The lowest BCUT2D eigenvalue weighted by molar-refractivity contribution is -0.140. The average molecular weight is 2090 g/mol. The maximum absolute atomic E-state index is 13.0. The van der Waals surface area contributed by atoms with Gasteiger partial charge in [0.25, 0.3) is 0 Å². The summed E-state index contributed by atoms with van der Waals surface area (Å²) in [7, 11) is 0.851. The summed E-state index contributed by atoms with van der Waals surface area (Å²) in [6.07, 6.45) is 9.39. The average Bonchev–Trinajstić information content (AvgIpc) is 1.47. The van der Waals surface area contributed by atoms with Crippen LogP contribution in [0.3, 0.4) is 0 Å². The SMILES string of the molecule is CCN(C(=O)CC(SC)c1ccccc1)c1cn(-c2cccnc2)nc1Cl.CN(C(=O)CC(S(C)=O)C(F)(F)F)c1cn(-c2cccnc2)nc1Br.CSC(CC(=O)N(C)c1cn(-c2cccnc2)nc1Cl)c1ccccc1.CSC(CC(=O)N(CCC(F)(F)F)c1cn(-c2cccnc2)nc1Cl)C(F)(F)F.CSCC(C)C(=O)N(CCC(F)(F)F)c1cn(-c2cccnc2)nc1Cl. The summed E-state index contributed by atoms with van der Waals surface area (Å²) in [5.74, 6) is -2.32. The molecule has 2 aromatic carbocycles. The fourth-order valence-corrected chi connectivity index (χ4v) is 17.2. The lowest BCUT2D eigenvalue weighted by Crippen LogP contribution is -2.39. The van der Waals surface area contributed by atoms with E-state index in [9.17, 15) is 80.9 Å². The Morgan fingerprint density at radius 2 is 0.759 bits per heavy atom. The van der Waals surface area contributed by atoms with Crippen LogP contribution in [0.2, 0.25) is 20.6 Å². The molecule has 0 radical (unpaired) electrons. The fourth-order valence-electron chi connectivity index (χ4n) is 12.3. The number of alkyl halides is 12. The van der Waals surface area contributed by atoms with Crippen molar-refractivity contribution in [2.75, 3.05) is 95.3 Å². The van der Waals surface area contributed by atoms with Gasteiger partial charge in [0.2, 0.25) is 29.5 Å². The van der Waals surface area contributed by atoms with Crippen molar-refractivity contribution in [2.45, 2.75) is 98.1 Å². The summed E-state index contributed by atoms with van der Waals surface area (Å²) in [6, 6.07) is 37.5. The summed E-state index contributed by atoms with van der Waals surface area (Å²) in [5.41, 5.74) is 6.88. The van der Waals surface area contributed by atoms with Gasteiger partial charge in [0.05, 0.1) is 115 Å². The summed E-state index contributed by atoms with van der Waals surface area (Å²) < 4.78 is 173. The van der Waals surface area contributed by atoms with Crippen LogP contribution in [-0.4, -0.2) is 214 Å². The van der Waals surface area contributed by atoms with Crippen LogP contribution < -0.4 is 24.5 Å². The van der Waals surface area contributed by atoms with Crippen molar-refractivity contribution in [3.8, 4) is 28.4 Å². The van der Waals surface area contributed by atoms with Gasteiger partial charge in [0.15, 0.2) is 25.2 Å². The van der Waals surface area contributed by atoms with Crippen molar-refractivity contribution in [2.24, 2.45) is 5.92 Å². The first-order valence-electron chi connectivity index (χ1n) is 39.5. The van der Waals surface area contributed by atoms with Crippen molar-refractivity contribution in [1.82, 2.24) is 73.8 Å².